The van der Waals surface area contributed by atoms with Crippen LogP contribution < -0.4 is 41.0 Å². The fourth-order valence-corrected chi connectivity index (χ4v) is 9.78. The lowest BCUT2D eigenvalue weighted by atomic mass is 10.00. The van der Waals surface area contributed by atoms with E-state index in [0.29, 0.717) is 64.3 Å². The zero-order chi connectivity index (χ0) is 45.0. The Morgan fingerprint density at radius 3 is 2.41 bits per heavy atom. The maximum atomic E-state index is 14.2. The first-order valence-corrected chi connectivity index (χ1v) is 23.1. The number of urea groups is 1. The maximum Gasteiger partial charge on any atom is 0.315 e. The Hall–Kier alpha value is -6.35. The molecule has 6 atom stereocenters. The number of unbranched alkanes of at least 4 members (excludes halogenated alkanes) is 3. The second kappa shape index (κ2) is 21.8. The van der Waals surface area contributed by atoms with E-state index in [2.05, 4.69) is 26.6 Å². The number of nitrogens with zero attached hydrogens (tertiary/aromatic N) is 1. The van der Waals surface area contributed by atoms with Crippen LogP contribution in [0, 0.1) is 0 Å². The van der Waals surface area contributed by atoms with Gasteiger partial charge in [-0.2, -0.15) is 11.8 Å². The predicted molar refractivity (Wildman–Crippen MR) is 246 cm³/mol. The molecule has 7 rings (SSSR count). The highest BCUT2D eigenvalue weighted by Crippen LogP contribution is 2.40. The Morgan fingerprint density at radius 2 is 1.61 bits per heavy atom. The van der Waals surface area contributed by atoms with Gasteiger partial charge in [-0.3, -0.25) is 24.0 Å². The molecule has 64 heavy (non-hydrogen) atoms. The molecule has 336 valence electrons. The zero-order valence-electron chi connectivity index (χ0n) is 36.2. The first-order valence-electron chi connectivity index (χ1n) is 22.0. The van der Waals surface area contributed by atoms with Crippen molar-refractivity contribution < 1.29 is 38.2 Å². The molecule has 0 aromatic heterocycles. The van der Waals surface area contributed by atoms with Crippen molar-refractivity contribution in [1.82, 2.24) is 26.6 Å². The Bertz CT molecular complexity index is 2300. The molecular formula is C49H56N6O8S. The Labute approximate surface area is 378 Å². The van der Waals surface area contributed by atoms with Gasteiger partial charge in [-0.05, 0) is 68.4 Å². The molecule has 0 saturated carbocycles. The van der Waals surface area contributed by atoms with Crippen molar-refractivity contribution in [3.63, 3.8) is 0 Å². The lowest BCUT2D eigenvalue weighted by Gasteiger charge is -2.28. The molecule has 0 spiro atoms. The van der Waals surface area contributed by atoms with Crippen LogP contribution in [0.1, 0.15) is 85.0 Å². The number of fused-ring (bicyclic) bond motifs is 2. The standard InChI is InChI=1S/C49H56N6O8S/c1-31(51-42(57)28-32-15-14-20-35(27-32)45(58)33-16-6-3-7-17-33)47(59)53-44-46(34-18-8-4-9-19-34)63-39-24-23-36(29-38(39)55(2)48(44)60)62-26-13-5-12-25-50-41(56)22-11-10-21-40-43-37(30-64-40)52-49(61)54-43/h3-4,6-9,14-20,23-24,27,29,31,37,40,43-44,46H,5,10-13,21-22,25-26,28,30H2,1-2H3,(H,50,56)(H,51,57)(H,53,59)(H2,52,54,61)/t31-,37-,40-,43-,44+,46-/m0/s1. The van der Waals surface area contributed by atoms with E-state index in [1.54, 1.807) is 80.7 Å². The van der Waals surface area contributed by atoms with Crippen molar-refractivity contribution in [3.8, 4) is 11.5 Å². The molecule has 2 fully saturated rings. The van der Waals surface area contributed by atoms with Crippen LogP contribution in [-0.4, -0.2) is 90.8 Å². The van der Waals surface area contributed by atoms with Crippen LogP contribution in [0.5, 0.6) is 11.5 Å². The van der Waals surface area contributed by atoms with Crippen molar-refractivity contribution in [2.75, 3.05) is 30.9 Å². The van der Waals surface area contributed by atoms with Crippen LogP contribution in [0.15, 0.2) is 103 Å². The minimum absolute atomic E-state index is 0.0558. The third-order valence-electron chi connectivity index (χ3n) is 11.7. The molecule has 0 bridgehead atoms. The van der Waals surface area contributed by atoms with E-state index in [9.17, 15) is 28.8 Å². The number of ether oxygens (including phenoxy) is 2. The second-order valence-electron chi connectivity index (χ2n) is 16.5. The summed E-state index contributed by atoms with van der Waals surface area (Å²) >= 11 is 1.89. The smallest absolute Gasteiger partial charge is 0.315 e. The van der Waals surface area contributed by atoms with Gasteiger partial charge < -0.3 is 41.0 Å². The van der Waals surface area contributed by atoms with Crippen molar-refractivity contribution in [2.24, 2.45) is 0 Å². The molecule has 0 radical (unpaired) electrons. The minimum atomic E-state index is -1.14. The molecule has 3 heterocycles. The SMILES string of the molecule is C[C@H](NC(=O)Cc1cccc(C(=O)c2ccccc2)c1)C(=O)N[C@H]1C(=O)N(C)c2cc(OCCCCCNC(=O)CCCC[C@@H]3SC[C@@H]4NC(=O)N[C@@H]43)ccc2O[C@H]1c1ccccc1. The normalized spacial score (nSPS) is 20.3. The molecule has 15 heteroatoms. The van der Waals surface area contributed by atoms with Crippen molar-refractivity contribution >= 4 is 52.9 Å². The van der Waals surface area contributed by atoms with Gasteiger partial charge in [0, 0.05) is 48.2 Å². The van der Waals surface area contributed by atoms with Gasteiger partial charge in [0.2, 0.25) is 17.7 Å². The average molecular weight is 889 g/mol. The highest BCUT2D eigenvalue weighted by Gasteiger charge is 2.43. The summed E-state index contributed by atoms with van der Waals surface area (Å²) in [5, 5.41) is 15.0. The maximum absolute atomic E-state index is 14.2. The van der Waals surface area contributed by atoms with Gasteiger partial charge in [0.1, 0.15) is 23.6 Å². The fraction of sp³-hybridized carbons (Fsp3) is 0.388. The minimum Gasteiger partial charge on any atom is -0.494 e. The molecule has 3 aliphatic rings. The van der Waals surface area contributed by atoms with E-state index in [0.717, 1.165) is 44.3 Å². The lowest BCUT2D eigenvalue weighted by Crippen LogP contribution is -2.55. The van der Waals surface area contributed by atoms with Crippen molar-refractivity contribution in [3.05, 3.63) is 125 Å². The summed E-state index contributed by atoms with van der Waals surface area (Å²) in [4.78, 5) is 79.5. The Balaban J connectivity index is 0.868. The summed E-state index contributed by atoms with van der Waals surface area (Å²) < 4.78 is 12.6. The van der Waals surface area contributed by atoms with Crippen molar-refractivity contribution in [2.45, 2.75) is 93.8 Å². The van der Waals surface area contributed by atoms with Crippen molar-refractivity contribution in [1.29, 1.82) is 0 Å². The summed E-state index contributed by atoms with van der Waals surface area (Å²) in [6, 6.07) is 28.4. The number of likely N-dealkylation sites (N-methyl/N-ethyl adjacent to an activating group) is 1. The molecule has 2 saturated heterocycles. The van der Waals surface area contributed by atoms with E-state index in [4.69, 9.17) is 9.47 Å². The largest absolute Gasteiger partial charge is 0.494 e. The number of thioether (sulfide) groups is 1. The number of carbonyl (C=O) groups excluding carboxylic acids is 6. The summed E-state index contributed by atoms with van der Waals surface area (Å²) in [5.74, 6) is 0.417. The van der Waals surface area contributed by atoms with Crippen LogP contribution in [0.3, 0.4) is 0 Å². The third kappa shape index (κ3) is 11.8. The number of ketones is 1. The number of anilines is 1. The zero-order valence-corrected chi connectivity index (χ0v) is 37.0. The highest BCUT2D eigenvalue weighted by atomic mass is 32.2. The quantitative estimate of drug-likeness (QED) is 0.0426. The van der Waals surface area contributed by atoms with Gasteiger partial charge in [0.25, 0.3) is 5.91 Å². The molecule has 0 unspecified atom stereocenters. The second-order valence-corrected chi connectivity index (χ2v) is 17.7. The number of benzene rings is 4. The van der Waals surface area contributed by atoms with Crippen LogP contribution >= 0.6 is 11.8 Å². The molecule has 14 nitrogen and oxygen atoms in total. The molecule has 3 aliphatic heterocycles. The molecule has 4 aromatic rings. The molecule has 5 N–H and O–H groups in total. The lowest BCUT2D eigenvalue weighted by molar-refractivity contribution is -0.132. The van der Waals surface area contributed by atoms with E-state index < -0.39 is 35.9 Å². The fourth-order valence-electron chi connectivity index (χ4n) is 8.24. The Morgan fingerprint density at radius 1 is 0.844 bits per heavy atom. The van der Waals surface area contributed by atoms with Gasteiger partial charge in [-0.15, -0.1) is 0 Å². The number of hydrogen-bond donors (Lipinski definition) is 5. The topological polar surface area (TPSA) is 184 Å². The summed E-state index contributed by atoms with van der Waals surface area (Å²) in [6.45, 7) is 2.58. The number of rotatable bonds is 20. The number of hydrogen-bond acceptors (Lipinski definition) is 9. The van der Waals surface area contributed by atoms with E-state index in [1.807, 2.05) is 48.2 Å². The Kier molecular flexibility index (Phi) is 15.6. The van der Waals surface area contributed by atoms with Crippen LogP contribution in [-0.2, 0) is 25.6 Å². The van der Waals surface area contributed by atoms with Gasteiger partial charge >= 0.3 is 6.03 Å². The van der Waals surface area contributed by atoms with Crippen LogP contribution in [0.4, 0.5) is 10.5 Å². The summed E-state index contributed by atoms with van der Waals surface area (Å²) in [6.07, 6.45) is 4.75. The highest BCUT2D eigenvalue weighted by molar-refractivity contribution is 8.00. The van der Waals surface area contributed by atoms with Crippen LogP contribution in [0.2, 0.25) is 0 Å². The summed E-state index contributed by atoms with van der Waals surface area (Å²) in [5.41, 5.74) is 2.77. The van der Waals surface area contributed by atoms with E-state index in [1.165, 1.54) is 4.90 Å². The summed E-state index contributed by atoms with van der Waals surface area (Å²) in [7, 11) is 1.62. The average Bonchev–Trinajstić information content (AvgIpc) is 3.84. The van der Waals surface area contributed by atoms with Crippen LogP contribution in [0.25, 0.3) is 0 Å². The molecular weight excluding hydrogens is 833 g/mol. The molecule has 6 amide bonds. The monoisotopic (exact) mass is 888 g/mol. The van der Waals surface area contributed by atoms with Gasteiger partial charge in [0.15, 0.2) is 11.9 Å². The van der Waals surface area contributed by atoms with Gasteiger partial charge in [0.05, 0.1) is 30.8 Å². The van der Waals surface area contributed by atoms with Gasteiger partial charge in [-0.25, -0.2) is 4.79 Å². The molecule has 4 aromatic carbocycles. The predicted octanol–water partition coefficient (Wildman–Crippen LogP) is 5.64. The first-order chi connectivity index (χ1) is 31.0. The third-order valence-corrected chi connectivity index (χ3v) is 13.2. The van der Waals surface area contributed by atoms with E-state index in [-0.39, 0.29) is 36.2 Å². The van der Waals surface area contributed by atoms with E-state index >= 15 is 0 Å². The first kappa shape index (κ1) is 45.7. The number of carbonyl (C=O) groups is 6. The van der Waals surface area contributed by atoms with Gasteiger partial charge in [-0.1, -0.05) is 85.3 Å². The number of nitrogens with one attached hydrogen (secondary N) is 5. The molecule has 0 aliphatic carbocycles. The number of amides is 6.